The molecule has 18 heavy (non-hydrogen) atoms. The van der Waals surface area contributed by atoms with Gasteiger partial charge < -0.3 is 10.1 Å². The van der Waals surface area contributed by atoms with E-state index in [-0.39, 0.29) is 0 Å². The highest BCUT2D eigenvalue weighted by Crippen LogP contribution is 2.33. The first-order valence-corrected chi connectivity index (χ1v) is 6.82. The number of nitrogens with one attached hydrogen (secondary N) is 1. The van der Waals surface area contributed by atoms with E-state index in [1.165, 1.54) is 18.5 Å². The predicted octanol–water partition coefficient (Wildman–Crippen LogP) is 1.55. The molecule has 1 atom stereocenters. The van der Waals surface area contributed by atoms with Gasteiger partial charge in [-0.15, -0.1) is 5.10 Å². The van der Waals surface area contributed by atoms with E-state index in [0.29, 0.717) is 6.04 Å². The minimum absolute atomic E-state index is 0.358. The predicted molar refractivity (Wildman–Crippen MR) is 70.4 cm³/mol. The van der Waals surface area contributed by atoms with Gasteiger partial charge in [0.05, 0.1) is 17.4 Å². The Morgan fingerprint density at radius 3 is 2.89 bits per heavy atom. The van der Waals surface area contributed by atoms with Gasteiger partial charge >= 0.3 is 0 Å². The van der Waals surface area contributed by atoms with Crippen molar-refractivity contribution in [2.75, 3.05) is 20.8 Å². The van der Waals surface area contributed by atoms with Crippen LogP contribution in [0.4, 0.5) is 0 Å². The summed E-state index contributed by atoms with van der Waals surface area (Å²) in [4.78, 5) is 0. The number of rotatable bonds is 8. The van der Waals surface area contributed by atoms with Gasteiger partial charge in [0, 0.05) is 20.3 Å². The Bertz CT molecular complexity index is 373. The molecule has 102 valence electrons. The Balaban J connectivity index is 2.11. The van der Waals surface area contributed by atoms with Gasteiger partial charge in [0.25, 0.3) is 0 Å². The topological polar surface area (TPSA) is 52.0 Å². The van der Waals surface area contributed by atoms with Crippen molar-refractivity contribution in [1.29, 1.82) is 0 Å². The van der Waals surface area contributed by atoms with Gasteiger partial charge in [-0.1, -0.05) is 5.21 Å². The van der Waals surface area contributed by atoms with Gasteiger partial charge in [0.1, 0.15) is 0 Å². The van der Waals surface area contributed by atoms with Crippen LogP contribution in [0.25, 0.3) is 0 Å². The van der Waals surface area contributed by atoms with Crippen LogP contribution in [-0.2, 0) is 17.7 Å². The van der Waals surface area contributed by atoms with Gasteiger partial charge in [-0.2, -0.15) is 0 Å². The van der Waals surface area contributed by atoms with E-state index in [1.54, 1.807) is 7.11 Å². The number of hydrogen-bond donors (Lipinski definition) is 1. The Hall–Kier alpha value is -0.940. The van der Waals surface area contributed by atoms with Gasteiger partial charge in [0.15, 0.2) is 0 Å². The van der Waals surface area contributed by atoms with Crippen molar-refractivity contribution >= 4 is 0 Å². The summed E-state index contributed by atoms with van der Waals surface area (Å²) in [5, 5.41) is 11.8. The van der Waals surface area contributed by atoms with E-state index in [1.807, 2.05) is 7.05 Å². The Morgan fingerprint density at radius 1 is 1.50 bits per heavy atom. The van der Waals surface area contributed by atoms with Crippen molar-refractivity contribution in [2.24, 2.45) is 5.92 Å². The van der Waals surface area contributed by atoms with E-state index < -0.39 is 0 Å². The second kappa shape index (κ2) is 6.29. The van der Waals surface area contributed by atoms with E-state index in [0.717, 1.165) is 37.6 Å². The molecule has 0 radical (unpaired) electrons. The second-order valence-corrected chi connectivity index (χ2v) is 5.24. The van der Waals surface area contributed by atoms with Crippen LogP contribution < -0.4 is 5.32 Å². The molecule has 0 bridgehead atoms. The Labute approximate surface area is 109 Å². The molecule has 1 aliphatic carbocycles. The van der Waals surface area contributed by atoms with E-state index >= 15 is 0 Å². The van der Waals surface area contributed by atoms with Crippen LogP contribution in [0.1, 0.15) is 43.6 Å². The van der Waals surface area contributed by atoms with Crippen molar-refractivity contribution in [3.63, 3.8) is 0 Å². The summed E-state index contributed by atoms with van der Waals surface area (Å²) in [6.45, 7) is 3.76. The van der Waals surface area contributed by atoms with Crippen molar-refractivity contribution in [3.05, 3.63) is 11.4 Å². The van der Waals surface area contributed by atoms with Gasteiger partial charge in [0.2, 0.25) is 0 Å². The summed E-state index contributed by atoms with van der Waals surface area (Å²) >= 11 is 0. The maximum absolute atomic E-state index is 5.15. The van der Waals surface area contributed by atoms with Gasteiger partial charge in [-0.25, -0.2) is 4.68 Å². The number of ether oxygens (including phenoxy) is 1. The Morgan fingerprint density at radius 2 is 2.28 bits per heavy atom. The lowest BCUT2D eigenvalue weighted by Gasteiger charge is -2.15. The largest absolute Gasteiger partial charge is 0.385 e. The fourth-order valence-corrected chi connectivity index (χ4v) is 2.22. The van der Waals surface area contributed by atoms with Crippen LogP contribution in [-0.4, -0.2) is 35.8 Å². The van der Waals surface area contributed by atoms with Crippen molar-refractivity contribution in [1.82, 2.24) is 20.3 Å². The van der Waals surface area contributed by atoms with Crippen LogP contribution in [0.2, 0.25) is 0 Å². The standard InChI is InChI=1S/C13H24N4O/c1-10(6-7-18-3)17-13(8-11-4-5-11)12(9-14-2)15-16-17/h10-11,14H,4-9H2,1-3H3. The highest BCUT2D eigenvalue weighted by molar-refractivity contribution is 5.13. The highest BCUT2D eigenvalue weighted by Gasteiger charge is 2.26. The third kappa shape index (κ3) is 3.29. The molecule has 5 nitrogen and oxygen atoms in total. The maximum atomic E-state index is 5.15. The smallest absolute Gasteiger partial charge is 0.0996 e. The average molecular weight is 252 g/mol. The molecule has 0 aromatic carbocycles. The number of hydrogen-bond acceptors (Lipinski definition) is 4. The average Bonchev–Trinajstić information content (AvgIpc) is 3.09. The number of methoxy groups -OCH3 is 1. The first-order valence-electron chi connectivity index (χ1n) is 6.82. The zero-order valence-corrected chi connectivity index (χ0v) is 11.6. The summed E-state index contributed by atoms with van der Waals surface area (Å²) in [6, 6.07) is 0.358. The SMILES string of the molecule is CNCc1nnn(C(C)CCOC)c1CC1CC1. The van der Waals surface area contributed by atoms with Gasteiger partial charge in [-0.3, -0.25) is 0 Å². The minimum atomic E-state index is 0.358. The van der Waals surface area contributed by atoms with E-state index in [2.05, 4.69) is 27.2 Å². The molecule has 1 N–H and O–H groups in total. The minimum Gasteiger partial charge on any atom is -0.385 e. The first-order chi connectivity index (χ1) is 8.76. The van der Waals surface area contributed by atoms with Crippen LogP contribution in [0, 0.1) is 5.92 Å². The molecule has 1 unspecified atom stereocenters. The molecule has 0 aliphatic heterocycles. The molecule has 1 saturated carbocycles. The van der Waals surface area contributed by atoms with E-state index in [4.69, 9.17) is 4.74 Å². The zero-order valence-electron chi connectivity index (χ0n) is 11.6. The van der Waals surface area contributed by atoms with Crippen LogP contribution in [0.5, 0.6) is 0 Å². The van der Waals surface area contributed by atoms with Crippen LogP contribution in [0.3, 0.4) is 0 Å². The highest BCUT2D eigenvalue weighted by atomic mass is 16.5. The molecule has 2 rings (SSSR count). The molecule has 1 heterocycles. The molecular weight excluding hydrogens is 228 g/mol. The molecule has 0 spiro atoms. The quantitative estimate of drug-likeness (QED) is 0.762. The summed E-state index contributed by atoms with van der Waals surface area (Å²) in [5.74, 6) is 0.854. The lowest BCUT2D eigenvalue weighted by Crippen LogP contribution is -2.15. The lowest BCUT2D eigenvalue weighted by atomic mass is 10.1. The molecule has 0 saturated heterocycles. The lowest BCUT2D eigenvalue weighted by molar-refractivity contribution is 0.177. The van der Waals surface area contributed by atoms with Crippen molar-refractivity contribution in [3.8, 4) is 0 Å². The molecular formula is C13H24N4O. The fourth-order valence-electron chi connectivity index (χ4n) is 2.22. The second-order valence-electron chi connectivity index (χ2n) is 5.24. The molecule has 1 aliphatic rings. The number of nitrogens with zero attached hydrogens (tertiary/aromatic N) is 3. The molecule has 1 fully saturated rings. The molecule has 5 heteroatoms. The third-order valence-corrected chi connectivity index (χ3v) is 3.55. The van der Waals surface area contributed by atoms with E-state index in [9.17, 15) is 0 Å². The van der Waals surface area contributed by atoms with Crippen LogP contribution >= 0.6 is 0 Å². The van der Waals surface area contributed by atoms with Crippen molar-refractivity contribution < 1.29 is 4.74 Å². The molecule has 1 aromatic rings. The summed E-state index contributed by atoms with van der Waals surface area (Å²) in [6.07, 6.45) is 4.82. The molecule has 1 aromatic heterocycles. The zero-order chi connectivity index (χ0) is 13.0. The summed E-state index contributed by atoms with van der Waals surface area (Å²) < 4.78 is 7.25. The maximum Gasteiger partial charge on any atom is 0.0996 e. The third-order valence-electron chi connectivity index (χ3n) is 3.55. The van der Waals surface area contributed by atoms with Crippen LogP contribution in [0.15, 0.2) is 0 Å². The summed E-state index contributed by atoms with van der Waals surface area (Å²) in [7, 11) is 3.69. The normalized spacial score (nSPS) is 17.1. The monoisotopic (exact) mass is 252 g/mol. The number of aromatic nitrogens is 3. The fraction of sp³-hybridized carbons (Fsp3) is 0.846. The van der Waals surface area contributed by atoms with Gasteiger partial charge in [-0.05, 0) is 45.6 Å². The van der Waals surface area contributed by atoms with Crippen molar-refractivity contribution in [2.45, 2.75) is 45.2 Å². The molecule has 0 amide bonds. The first kappa shape index (κ1) is 13.5. The Kier molecular flexibility index (Phi) is 4.72. The summed E-state index contributed by atoms with van der Waals surface area (Å²) in [5.41, 5.74) is 2.42.